The number of likely N-dealkylation sites (N-methyl/N-ethyl adjacent to an activating group) is 1. The lowest BCUT2D eigenvalue weighted by atomic mass is 9.95. The van der Waals surface area contributed by atoms with Crippen LogP contribution in [0.2, 0.25) is 0 Å². The summed E-state index contributed by atoms with van der Waals surface area (Å²) in [6.45, 7) is 13.3. The van der Waals surface area contributed by atoms with Gasteiger partial charge in [-0.3, -0.25) is 4.90 Å². The van der Waals surface area contributed by atoms with Crippen molar-refractivity contribution >= 4 is 0 Å². The first-order valence-electron chi connectivity index (χ1n) is 11.4. The molecule has 2 rings (SSSR count). The van der Waals surface area contributed by atoms with Gasteiger partial charge in [0.25, 0.3) is 0 Å². The predicted molar refractivity (Wildman–Crippen MR) is 129 cm³/mol. The van der Waals surface area contributed by atoms with E-state index in [0.29, 0.717) is 44.0 Å². The topological polar surface area (TPSA) is 77.4 Å². The van der Waals surface area contributed by atoms with Crippen LogP contribution >= 0.6 is 0 Å². The molecule has 0 saturated carbocycles. The maximum absolute atomic E-state index is 10.7. The van der Waals surface area contributed by atoms with Crippen LogP contribution in [-0.2, 0) is 6.54 Å². The molecule has 3 N–H and O–H groups in total. The highest BCUT2D eigenvalue weighted by molar-refractivity contribution is 5.43. The van der Waals surface area contributed by atoms with Gasteiger partial charge in [0.1, 0.15) is 12.7 Å². The first-order chi connectivity index (χ1) is 15.4. The normalized spacial score (nSPS) is 16.9. The van der Waals surface area contributed by atoms with Crippen molar-refractivity contribution in [2.24, 2.45) is 0 Å². The van der Waals surface area contributed by atoms with Gasteiger partial charge in [-0.2, -0.15) is 0 Å². The monoisotopic (exact) mass is 447 g/mol. The second-order valence-corrected chi connectivity index (χ2v) is 8.72. The van der Waals surface area contributed by atoms with Crippen LogP contribution in [0.4, 0.5) is 0 Å². The zero-order valence-electron chi connectivity index (χ0n) is 19.8. The molecule has 1 heterocycles. The Hall–Kier alpha value is -1.90. The van der Waals surface area contributed by atoms with Crippen molar-refractivity contribution in [3.05, 3.63) is 49.1 Å². The summed E-state index contributed by atoms with van der Waals surface area (Å²) in [6, 6.07) is 5.74. The van der Waals surface area contributed by atoms with Crippen LogP contribution in [0, 0.1) is 0 Å². The fraction of sp³-hybridized carbons (Fsp3) is 0.600. The molecular formula is C25H41N3O4. The van der Waals surface area contributed by atoms with Gasteiger partial charge in [-0.25, -0.2) is 0 Å². The maximum Gasteiger partial charge on any atom is 0.161 e. The summed E-state index contributed by atoms with van der Waals surface area (Å²) in [4.78, 5) is 4.62. The minimum atomic E-state index is -0.887. The Morgan fingerprint density at radius 3 is 2.59 bits per heavy atom. The van der Waals surface area contributed by atoms with Crippen molar-refractivity contribution in [1.29, 1.82) is 0 Å². The van der Waals surface area contributed by atoms with E-state index in [1.54, 1.807) is 19.3 Å². The van der Waals surface area contributed by atoms with Crippen molar-refractivity contribution < 1.29 is 19.7 Å². The Morgan fingerprint density at radius 1 is 1.16 bits per heavy atom. The van der Waals surface area contributed by atoms with Crippen molar-refractivity contribution in [3.63, 3.8) is 0 Å². The molecule has 32 heavy (non-hydrogen) atoms. The van der Waals surface area contributed by atoms with Crippen LogP contribution < -0.4 is 14.8 Å². The molecule has 7 nitrogen and oxygen atoms in total. The highest BCUT2D eigenvalue weighted by Gasteiger charge is 2.23. The van der Waals surface area contributed by atoms with Crippen LogP contribution in [-0.4, -0.2) is 91.8 Å². The third-order valence-corrected chi connectivity index (χ3v) is 5.77. The van der Waals surface area contributed by atoms with Gasteiger partial charge in [-0.15, -0.1) is 13.2 Å². The predicted octanol–water partition coefficient (Wildman–Crippen LogP) is 2.05. The Morgan fingerprint density at radius 2 is 1.91 bits per heavy atom. The van der Waals surface area contributed by atoms with E-state index in [0.717, 1.165) is 38.2 Å². The zero-order valence-corrected chi connectivity index (χ0v) is 19.8. The van der Waals surface area contributed by atoms with E-state index in [9.17, 15) is 10.2 Å². The second kappa shape index (κ2) is 13.6. The molecule has 0 radical (unpaired) electrons. The number of rotatable bonds is 14. The standard InChI is InChI=1S/C25H41N3O4/c1-5-10-25(30,11-6-2)20-26-17-21-8-9-23(31-4)24(16-21)32-19-22(29)18-28-13-7-12-27(3)14-15-28/h5-6,8-9,16,22,26,29-30H,1-2,7,10-15,17-20H2,3-4H3. The molecule has 0 bridgehead atoms. The van der Waals surface area contributed by atoms with Crippen LogP contribution in [0.5, 0.6) is 11.5 Å². The summed E-state index contributed by atoms with van der Waals surface area (Å²) in [6.07, 6.45) is 4.97. The second-order valence-electron chi connectivity index (χ2n) is 8.72. The van der Waals surface area contributed by atoms with Gasteiger partial charge in [0, 0.05) is 32.7 Å². The third kappa shape index (κ3) is 8.92. The zero-order chi connectivity index (χ0) is 23.4. The van der Waals surface area contributed by atoms with Gasteiger partial charge >= 0.3 is 0 Å². The number of hydrogen-bond acceptors (Lipinski definition) is 7. The summed E-state index contributed by atoms with van der Waals surface area (Å²) in [5.41, 5.74) is 0.118. The third-order valence-electron chi connectivity index (χ3n) is 5.77. The van der Waals surface area contributed by atoms with E-state index in [4.69, 9.17) is 9.47 Å². The molecule has 1 fully saturated rings. The van der Waals surface area contributed by atoms with E-state index in [2.05, 4.69) is 35.3 Å². The van der Waals surface area contributed by atoms with Gasteiger partial charge in [-0.1, -0.05) is 18.2 Å². The molecule has 1 aromatic carbocycles. The molecule has 1 atom stereocenters. The number of aliphatic hydroxyl groups is 2. The minimum Gasteiger partial charge on any atom is -0.493 e. The molecule has 0 aliphatic carbocycles. The number of aliphatic hydroxyl groups excluding tert-OH is 1. The SMILES string of the molecule is C=CCC(O)(CC=C)CNCc1ccc(OC)c(OCC(O)CN2CCCN(C)CC2)c1. The largest absolute Gasteiger partial charge is 0.493 e. The van der Waals surface area contributed by atoms with Crippen LogP contribution in [0.3, 0.4) is 0 Å². The summed E-state index contributed by atoms with van der Waals surface area (Å²) in [7, 11) is 3.74. The minimum absolute atomic E-state index is 0.206. The van der Waals surface area contributed by atoms with Gasteiger partial charge in [0.15, 0.2) is 11.5 Å². The van der Waals surface area contributed by atoms with E-state index in [1.165, 1.54) is 0 Å². The summed E-state index contributed by atoms with van der Waals surface area (Å²) >= 11 is 0. The quantitative estimate of drug-likeness (QED) is 0.377. The number of nitrogens with one attached hydrogen (secondary N) is 1. The lowest BCUT2D eigenvalue weighted by Crippen LogP contribution is -2.39. The molecule has 0 spiro atoms. The number of nitrogens with zero attached hydrogens (tertiary/aromatic N) is 2. The highest BCUT2D eigenvalue weighted by atomic mass is 16.5. The summed E-state index contributed by atoms with van der Waals surface area (Å²) < 4.78 is 11.4. The van der Waals surface area contributed by atoms with Crippen molar-refractivity contribution in [2.45, 2.75) is 37.5 Å². The molecule has 1 aromatic rings. The van der Waals surface area contributed by atoms with Crippen LogP contribution in [0.25, 0.3) is 0 Å². The van der Waals surface area contributed by atoms with Crippen LogP contribution in [0.1, 0.15) is 24.8 Å². The molecule has 0 amide bonds. The number of methoxy groups -OCH3 is 1. The molecule has 1 aliphatic heterocycles. The van der Waals surface area contributed by atoms with E-state index in [1.807, 2.05) is 18.2 Å². The van der Waals surface area contributed by atoms with Crippen molar-refractivity contribution in [2.75, 3.05) is 60.0 Å². The number of hydrogen-bond donors (Lipinski definition) is 3. The van der Waals surface area contributed by atoms with Crippen molar-refractivity contribution in [3.8, 4) is 11.5 Å². The number of ether oxygens (including phenoxy) is 2. The summed E-state index contributed by atoms with van der Waals surface area (Å²) in [5, 5.41) is 24.5. The van der Waals surface area contributed by atoms with Crippen LogP contribution in [0.15, 0.2) is 43.5 Å². The molecular weight excluding hydrogens is 406 g/mol. The first-order valence-corrected chi connectivity index (χ1v) is 11.4. The highest BCUT2D eigenvalue weighted by Crippen LogP contribution is 2.28. The lowest BCUT2D eigenvalue weighted by Gasteiger charge is -2.26. The van der Waals surface area contributed by atoms with E-state index < -0.39 is 11.7 Å². The molecule has 1 saturated heterocycles. The Kier molecular flexibility index (Phi) is 11.2. The molecule has 7 heteroatoms. The van der Waals surface area contributed by atoms with E-state index >= 15 is 0 Å². The Balaban J connectivity index is 1.88. The molecule has 1 unspecified atom stereocenters. The molecule has 180 valence electrons. The Bertz CT molecular complexity index is 702. The smallest absolute Gasteiger partial charge is 0.161 e. The lowest BCUT2D eigenvalue weighted by molar-refractivity contribution is 0.0460. The van der Waals surface area contributed by atoms with Gasteiger partial charge < -0.3 is 29.9 Å². The fourth-order valence-corrected chi connectivity index (χ4v) is 3.97. The summed E-state index contributed by atoms with van der Waals surface area (Å²) in [5.74, 6) is 1.24. The maximum atomic E-state index is 10.7. The number of benzene rings is 1. The molecule has 0 aromatic heterocycles. The first kappa shape index (κ1) is 26.4. The Labute approximate surface area is 193 Å². The average Bonchev–Trinajstić information content (AvgIpc) is 2.96. The molecule has 1 aliphatic rings. The fourth-order valence-electron chi connectivity index (χ4n) is 3.97. The average molecular weight is 448 g/mol. The van der Waals surface area contributed by atoms with Crippen molar-refractivity contribution in [1.82, 2.24) is 15.1 Å². The van der Waals surface area contributed by atoms with Gasteiger partial charge in [0.05, 0.1) is 12.7 Å². The van der Waals surface area contributed by atoms with Gasteiger partial charge in [-0.05, 0) is 57.1 Å². The van der Waals surface area contributed by atoms with E-state index in [-0.39, 0.29) is 6.61 Å². The number of β-amino-alcohol motifs (C(OH)–C–C–N with tert-alkyl or cyclic N) is 1. The van der Waals surface area contributed by atoms with Gasteiger partial charge in [0.2, 0.25) is 0 Å².